The number of benzene rings is 3. The summed E-state index contributed by atoms with van der Waals surface area (Å²) < 4.78 is 62.3. The Bertz CT molecular complexity index is 2640. The lowest BCUT2D eigenvalue weighted by atomic mass is 9.70. The average Bonchev–Trinajstić information content (AvgIpc) is 3.71. The molecule has 2 amide bonds. The van der Waals surface area contributed by atoms with Crippen LogP contribution in [0.25, 0.3) is 32.1 Å². The number of nitrogens with one attached hydrogen (secondary N) is 1. The maximum atomic E-state index is 17.6. The molecule has 2 unspecified atom stereocenters. The van der Waals surface area contributed by atoms with E-state index in [1.165, 1.54) is 12.1 Å². The first-order valence-corrected chi connectivity index (χ1v) is 22.5. The van der Waals surface area contributed by atoms with E-state index in [2.05, 4.69) is 16.4 Å². The molecule has 3 aliphatic rings. The Hall–Kier alpha value is -5.50. The van der Waals surface area contributed by atoms with Gasteiger partial charge in [0, 0.05) is 34.8 Å². The fourth-order valence-electron chi connectivity index (χ4n) is 8.70. The second-order valence-corrected chi connectivity index (χ2v) is 20.2. The molecule has 2 atom stereocenters. The summed E-state index contributed by atoms with van der Waals surface area (Å²) in [7, 11) is 1.62. The number of fused-ring (bicyclic) bond motifs is 4. The topological polar surface area (TPSA) is 148 Å². The number of anilines is 2. The van der Waals surface area contributed by atoms with Crippen LogP contribution in [0.15, 0.2) is 42.5 Å². The Balaban J connectivity index is 1.17. The number of carbonyl (C=O) groups is 2. The number of ether oxygens (including phenoxy) is 5. The van der Waals surface area contributed by atoms with Crippen LogP contribution in [0.2, 0.25) is 5.02 Å². The maximum absolute atomic E-state index is 17.6. The van der Waals surface area contributed by atoms with Gasteiger partial charge in [-0.1, -0.05) is 36.2 Å². The van der Waals surface area contributed by atoms with Gasteiger partial charge in [0.1, 0.15) is 45.2 Å². The lowest BCUT2D eigenvalue weighted by Crippen LogP contribution is -2.57. The van der Waals surface area contributed by atoms with Gasteiger partial charge in [-0.3, -0.25) is 10.2 Å². The van der Waals surface area contributed by atoms with Crippen molar-refractivity contribution in [3.63, 3.8) is 0 Å². The van der Waals surface area contributed by atoms with E-state index < -0.39 is 28.9 Å². The Morgan fingerprint density at radius 2 is 1.67 bits per heavy atom. The molecule has 4 heterocycles. The van der Waals surface area contributed by atoms with Crippen molar-refractivity contribution in [3.05, 3.63) is 70.2 Å². The molecule has 1 saturated carbocycles. The van der Waals surface area contributed by atoms with E-state index >= 15 is 8.78 Å². The molecule has 8 rings (SSSR count). The minimum atomic E-state index is -0.843. The van der Waals surface area contributed by atoms with Crippen LogP contribution in [0.1, 0.15) is 84.8 Å². The fourth-order valence-corrected chi connectivity index (χ4v) is 10.1. The lowest BCUT2D eigenvalue weighted by molar-refractivity contribution is -0.0432. The third kappa shape index (κ3) is 9.21. The number of methoxy groups -OCH3 is 1. The Morgan fingerprint density at radius 3 is 2.28 bits per heavy atom. The molecule has 3 aromatic carbocycles. The SMILES string of the molecule is COc1ccc(COCC2(COc3nc(N4CC5CCC(C4)N5C(=O)OC(C)(C)C)c4cc(Cl)c(-c5ccc(F)c6sc(NC(=O)OC(C)(C)C)c(C#N)c56)c(F)c4n3)CCC2)cc1. The van der Waals surface area contributed by atoms with Crippen molar-refractivity contribution >= 4 is 66.9 Å². The van der Waals surface area contributed by atoms with Crippen LogP contribution in [0.5, 0.6) is 11.8 Å². The summed E-state index contributed by atoms with van der Waals surface area (Å²) in [6, 6.07) is 13.4. The summed E-state index contributed by atoms with van der Waals surface area (Å²) in [5, 5.41) is 13.4. The van der Waals surface area contributed by atoms with E-state index in [9.17, 15) is 14.9 Å². The molecular weight excluding hydrogens is 866 g/mol. The zero-order valence-corrected chi connectivity index (χ0v) is 38.5. The van der Waals surface area contributed by atoms with Crippen molar-refractivity contribution in [1.29, 1.82) is 5.26 Å². The highest BCUT2D eigenvalue weighted by atomic mass is 35.5. The Morgan fingerprint density at radius 1 is 0.984 bits per heavy atom. The average molecular weight is 917 g/mol. The van der Waals surface area contributed by atoms with Gasteiger partial charge in [0.25, 0.3) is 0 Å². The number of halogens is 3. The highest BCUT2D eigenvalue weighted by Crippen LogP contribution is 2.48. The maximum Gasteiger partial charge on any atom is 0.412 e. The number of nitrogens with zero attached hydrogens (tertiary/aromatic N) is 5. The molecule has 1 N–H and O–H groups in total. The molecule has 17 heteroatoms. The molecule has 2 saturated heterocycles. The van der Waals surface area contributed by atoms with E-state index in [1.807, 2.05) is 49.9 Å². The highest BCUT2D eigenvalue weighted by Gasteiger charge is 2.45. The van der Waals surface area contributed by atoms with Gasteiger partial charge in [0.15, 0.2) is 5.82 Å². The third-order valence-electron chi connectivity index (χ3n) is 11.8. The summed E-state index contributed by atoms with van der Waals surface area (Å²) >= 11 is 7.88. The first-order valence-electron chi connectivity index (χ1n) is 21.3. The molecule has 2 bridgehead atoms. The van der Waals surface area contributed by atoms with Crippen molar-refractivity contribution < 1.29 is 42.1 Å². The number of amides is 2. The number of piperazine rings is 1. The zero-order valence-electron chi connectivity index (χ0n) is 36.9. The highest BCUT2D eigenvalue weighted by molar-refractivity contribution is 7.23. The molecule has 2 aromatic heterocycles. The quantitative estimate of drug-likeness (QED) is 0.135. The number of hydrogen-bond donors (Lipinski definition) is 1. The summed E-state index contributed by atoms with van der Waals surface area (Å²) in [6.07, 6.45) is 2.98. The van der Waals surface area contributed by atoms with Gasteiger partial charge in [-0.15, -0.1) is 11.3 Å². The second kappa shape index (κ2) is 17.5. The predicted octanol–water partition coefficient (Wildman–Crippen LogP) is 11.0. The molecule has 3 fully saturated rings. The normalized spacial score (nSPS) is 18.1. The van der Waals surface area contributed by atoms with Crippen molar-refractivity contribution in [2.24, 2.45) is 5.41 Å². The van der Waals surface area contributed by atoms with E-state index in [-0.39, 0.29) is 78.5 Å². The number of aromatic nitrogens is 2. The number of hydrogen-bond acceptors (Lipinski definition) is 12. The number of rotatable bonds is 11. The van der Waals surface area contributed by atoms with Gasteiger partial charge in [0.05, 0.1) is 54.3 Å². The van der Waals surface area contributed by atoms with Gasteiger partial charge >= 0.3 is 18.2 Å². The van der Waals surface area contributed by atoms with Crippen LogP contribution >= 0.6 is 22.9 Å². The van der Waals surface area contributed by atoms with Gasteiger partial charge in [-0.25, -0.2) is 18.4 Å². The van der Waals surface area contributed by atoms with Crippen LogP contribution in [-0.2, 0) is 20.8 Å². The van der Waals surface area contributed by atoms with Crippen LogP contribution < -0.4 is 19.7 Å². The third-order valence-corrected chi connectivity index (χ3v) is 13.2. The van der Waals surface area contributed by atoms with E-state index in [0.717, 1.165) is 54.8 Å². The van der Waals surface area contributed by atoms with E-state index in [4.69, 9.17) is 40.3 Å². The fraction of sp³-hybridized carbons (Fsp3) is 0.468. The van der Waals surface area contributed by atoms with Crippen molar-refractivity contribution in [3.8, 4) is 29.0 Å². The van der Waals surface area contributed by atoms with Gasteiger partial charge < -0.3 is 28.6 Å². The largest absolute Gasteiger partial charge is 0.497 e. The molecule has 1 aliphatic carbocycles. The minimum absolute atomic E-state index is 0.0152. The second-order valence-electron chi connectivity index (χ2n) is 18.8. The minimum Gasteiger partial charge on any atom is -0.497 e. The van der Waals surface area contributed by atoms with Crippen LogP contribution in [-0.4, -0.2) is 83.8 Å². The summed E-state index contributed by atoms with van der Waals surface area (Å²) in [5.74, 6) is -0.366. The lowest BCUT2D eigenvalue weighted by Gasteiger charge is -2.42. The van der Waals surface area contributed by atoms with Gasteiger partial charge in [0.2, 0.25) is 0 Å². The number of carbonyl (C=O) groups excluding carboxylic acids is 2. The number of thiophene rings is 1. The summed E-state index contributed by atoms with van der Waals surface area (Å²) in [5.41, 5.74) is -1.00. The molecule has 0 spiro atoms. The van der Waals surface area contributed by atoms with E-state index in [1.54, 1.807) is 38.8 Å². The Kier molecular flexibility index (Phi) is 12.3. The van der Waals surface area contributed by atoms with Crippen LogP contribution in [0.3, 0.4) is 0 Å². The Labute approximate surface area is 379 Å². The molecule has 338 valence electrons. The molecule has 64 heavy (non-hydrogen) atoms. The predicted molar refractivity (Wildman–Crippen MR) is 241 cm³/mol. The molecule has 13 nitrogen and oxygen atoms in total. The van der Waals surface area contributed by atoms with Gasteiger partial charge in [-0.05, 0) is 103 Å². The van der Waals surface area contributed by atoms with Crippen molar-refractivity contribution in [2.45, 2.75) is 104 Å². The smallest absolute Gasteiger partial charge is 0.412 e. The van der Waals surface area contributed by atoms with E-state index in [0.29, 0.717) is 37.5 Å². The van der Waals surface area contributed by atoms with Crippen molar-refractivity contribution in [1.82, 2.24) is 14.9 Å². The number of nitriles is 1. The first-order chi connectivity index (χ1) is 30.4. The van der Waals surface area contributed by atoms with Gasteiger partial charge in [-0.2, -0.15) is 15.2 Å². The zero-order chi connectivity index (χ0) is 45.7. The molecule has 0 radical (unpaired) electrons. The molecular formula is C47H51ClF2N6O7S. The summed E-state index contributed by atoms with van der Waals surface area (Å²) in [6.45, 7) is 12.4. The monoisotopic (exact) mass is 916 g/mol. The van der Waals surface area contributed by atoms with Crippen molar-refractivity contribution in [2.75, 3.05) is 43.6 Å². The molecule has 2 aliphatic heterocycles. The van der Waals surface area contributed by atoms with Crippen LogP contribution in [0, 0.1) is 28.4 Å². The summed E-state index contributed by atoms with van der Waals surface area (Å²) in [4.78, 5) is 39.6. The first kappa shape index (κ1) is 45.1. The molecule has 5 aromatic rings. The van der Waals surface area contributed by atoms with Crippen LogP contribution in [0.4, 0.5) is 29.2 Å². The standard InChI is InChI=1S/C47H51ClF2N6O7S/c1-45(2,3)62-43(57)54-41-32(20-51)35-30(15-16-34(49)39(35)64-41)36-33(48)19-31-38(37(36)50)52-42(61-25-47(17-8-18-47)24-60-23-26-9-13-29(59-7)14-10-26)53-40(31)55-21-27-11-12-28(22-55)56(27)44(58)63-46(4,5)6/h9-10,13-16,19,27-28H,8,11-12,17-18,21-25H2,1-7H3,(H,54,57).